The lowest BCUT2D eigenvalue weighted by molar-refractivity contribution is 0.751. The van der Waals surface area contributed by atoms with E-state index in [9.17, 15) is 0 Å². The van der Waals surface area contributed by atoms with Gasteiger partial charge in [-0.3, -0.25) is 0 Å². The average Bonchev–Trinajstić information content (AvgIpc) is 2.39. The molecule has 4 heteroatoms. The van der Waals surface area contributed by atoms with Crippen molar-refractivity contribution < 1.29 is 0 Å². The van der Waals surface area contributed by atoms with Gasteiger partial charge in [0.05, 0.1) is 16.7 Å². The number of aromatic nitrogens is 2. The van der Waals surface area contributed by atoms with Crippen LogP contribution in [0.5, 0.6) is 0 Å². The molecule has 0 spiro atoms. The van der Waals surface area contributed by atoms with Crippen LogP contribution in [0.4, 0.5) is 5.82 Å². The number of rotatable bonds is 5. The van der Waals surface area contributed by atoms with Crippen molar-refractivity contribution in [1.82, 2.24) is 9.97 Å². The smallest absolute Gasteiger partial charge is 0.148 e. The number of hydrogen-bond donors (Lipinski definition) is 1. The number of nitrogens with one attached hydrogen (secondary N) is 1. The molecule has 0 aliphatic carbocycles. The van der Waals surface area contributed by atoms with Crippen molar-refractivity contribution >= 4 is 28.5 Å². The Bertz CT molecular complexity index is 527. The Morgan fingerprint density at radius 1 is 1.22 bits per heavy atom. The summed E-state index contributed by atoms with van der Waals surface area (Å²) in [4.78, 5) is 9.12. The van der Waals surface area contributed by atoms with Crippen LogP contribution >= 0.6 is 11.6 Å². The van der Waals surface area contributed by atoms with Crippen LogP contribution in [0.25, 0.3) is 11.0 Å². The van der Waals surface area contributed by atoms with Gasteiger partial charge in [0.2, 0.25) is 0 Å². The predicted octanol–water partition coefficient (Wildman–Crippen LogP) is 3.76. The molecule has 0 saturated heterocycles. The van der Waals surface area contributed by atoms with Gasteiger partial charge in [-0.1, -0.05) is 19.1 Å². The van der Waals surface area contributed by atoms with E-state index >= 15 is 0 Å². The van der Waals surface area contributed by atoms with E-state index in [2.05, 4.69) is 22.2 Å². The van der Waals surface area contributed by atoms with Gasteiger partial charge in [0.25, 0.3) is 0 Å². The standard InChI is InChI=1S/C14H18ClN3/c1-3-11(15)8-9-16-14-10(2)17-12-6-4-5-7-13(12)18-14/h4-7,11H,3,8-9H2,1-2H3,(H,16,18). The molecule has 0 amide bonds. The fraction of sp³-hybridized carbons (Fsp3) is 0.429. The summed E-state index contributed by atoms with van der Waals surface area (Å²) >= 11 is 6.09. The molecule has 1 heterocycles. The lowest BCUT2D eigenvalue weighted by atomic mass is 10.2. The van der Waals surface area contributed by atoms with Crippen molar-refractivity contribution in [3.05, 3.63) is 30.0 Å². The maximum atomic E-state index is 6.09. The molecule has 0 saturated carbocycles. The summed E-state index contributed by atoms with van der Waals surface area (Å²) in [5, 5.41) is 3.54. The molecule has 18 heavy (non-hydrogen) atoms. The lowest BCUT2D eigenvalue weighted by Crippen LogP contribution is -2.10. The first-order valence-corrected chi connectivity index (χ1v) is 6.75. The molecule has 1 aromatic heterocycles. The number of anilines is 1. The zero-order valence-electron chi connectivity index (χ0n) is 10.8. The summed E-state index contributed by atoms with van der Waals surface area (Å²) in [6.07, 6.45) is 1.93. The van der Waals surface area contributed by atoms with E-state index < -0.39 is 0 Å². The monoisotopic (exact) mass is 263 g/mol. The second kappa shape index (κ2) is 6.01. The Morgan fingerprint density at radius 2 is 1.89 bits per heavy atom. The number of nitrogens with zero attached hydrogens (tertiary/aromatic N) is 2. The number of fused-ring (bicyclic) bond motifs is 1. The van der Waals surface area contributed by atoms with Crippen molar-refractivity contribution in [1.29, 1.82) is 0 Å². The highest BCUT2D eigenvalue weighted by molar-refractivity contribution is 6.20. The van der Waals surface area contributed by atoms with Crippen molar-refractivity contribution in [3.63, 3.8) is 0 Å². The van der Waals surface area contributed by atoms with Crippen LogP contribution in [-0.2, 0) is 0 Å². The largest absolute Gasteiger partial charge is 0.368 e. The van der Waals surface area contributed by atoms with Crippen LogP contribution in [0.3, 0.4) is 0 Å². The second-order valence-electron chi connectivity index (χ2n) is 4.37. The van der Waals surface area contributed by atoms with Gasteiger partial charge in [0, 0.05) is 11.9 Å². The van der Waals surface area contributed by atoms with E-state index in [1.165, 1.54) is 0 Å². The summed E-state index contributed by atoms with van der Waals surface area (Å²) in [7, 11) is 0. The first-order chi connectivity index (χ1) is 8.70. The third kappa shape index (κ3) is 3.10. The third-order valence-electron chi connectivity index (χ3n) is 2.94. The van der Waals surface area contributed by atoms with Crippen LogP contribution in [0, 0.1) is 6.92 Å². The average molecular weight is 264 g/mol. The Morgan fingerprint density at radius 3 is 2.56 bits per heavy atom. The van der Waals surface area contributed by atoms with Gasteiger partial charge in [-0.2, -0.15) is 0 Å². The van der Waals surface area contributed by atoms with Gasteiger partial charge >= 0.3 is 0 Å². The zero-order chi connectivity index (χ0) is 13.0. The first kappa shape index (κ1) is 13.1. The zero-order valence-corrected chi connectivity index (χ0v) is 11.5. The molecule has 1 atom stereocenters. The van der Waals surface area contributed by atoms with Crippen LogP contribution in [0.15, 0.2) is 24.3 Å². The molecule has 0 bridgehead atoms. The molecule has 1 N–H and O–H groups in total. The number of halogens is 1. The minimum Gasteiger partial charge on any atom is -0.368 e. The highest BCUT2D eigenvalue weighted by Gasteiger charge is 2.05. The fourth-order valence-corrected chi connectivity index (χ4v) is 1.92. The topological polar surface area (TPSA) is 37.8 Å². The SMILES string of the molecule is CCC(Cl)CCNc1nc2ccccc2nc1C. The summed E-state index contributed by atoms with van der Waals surface area (Å²) in [5.74, 6) is 0.855. The molecule has 3 nitrogen and oxygen atoms in total. The van der Waals surface area contributed by atoms with Gasteiger partial charge in [-0.15, -0.1) is 11.6 Å². The molecule has 1 aromatic carbocycles. The normalized spacial score (nSPS) is 12.6. The summed E-state index contributed by atoms with van der Waals surface area (Å²) < 4.78 is 0. The van der Waals surface area contributed by atoms with E-state index in [1.807, 2.05) is 31.2 Å². The minimum atomic E-state index is 0.228. The van der Waals surface area contributed by atoms with E-state index in [0.717, 1.165) is 41.9 Å². The second-order valence-corrected chi connectivity index (χ2v) is 4.98. The molecule has 96 valence electrons. The molecule has 0 aliphatic heterocycles. The molecule has 0 aliphatic rings. The number of alkyl halides is 1. The Balaban J connectivity index is 2.10. The maximum Gasteiger partial charge on any atom is 0.148 e. The van der Waals surface area contributed by atoms with Crippen LogP contribution in [0.1, 0.15) is 25.5 Å². The number of aryl methyl sites for hydroxylation is 1. The fourth-order valence-electron chi connectivity index (χ4n) is 1.81. The van der Waals surface area contributed by atoms with E-state index in [1.54, 1.807) is 0 Å². The Labute approximate surface area is 113 Å². The van der Waals surface area contributed by atoms with E-state index in [0.29, 0.717) is 0 Å². The van der Waals surface area contributed by atoms with Crippen molar-refractivity contribution in [2.75, 3.05) is 11.9 Å². The Kier molecular flexibility index (Phi) is 4.37. The highest BCUT2D eigenvalue weighted by Crippen LogP contribution is 2.16. The maximum absolute atomic E-state index is 6.09. The molecular formula is C14H18ClN3. The van der Waals surface area contributed by atoms with Gasteiger partial charge in [-0.05, 0) is 31.9 Å². The predicted molar refractivity (Wildman–Crippen MR) is 77.3 cm³/mol. The quantitative estimate of drug-likeness (QED) is 0.835. The molecular weight excluding hydrogens is 246 g/mol. The van der Waals surface area contributed by atoms with Crippen molar-refractivity contribution in [2.45, 2.75) is 32.1 Å². The van der Waals surface area contributed by atoms with E-state index in [4.69, 9.17) is 11.6 Å². The summed E-state index contributed by atoms with van der Waals surface area (Å²) in [6, 6.07) is 7.90. The lowest BCUT2D eigenvalue weighted by Gasteiger charge is -2.11. The minimum absolute atomic E-state index is 0.228. The van der Waals surface area contributed by atoms with Crippen molar-refractivity contribution in [2.24, 2.45) is 0 Å². The first-order valence-electron chi connectivity index (χ1n) is 6.32. The molecule has 2 rings (SSSR count). The van der Waals surface area contributed by atoms with Crippen molar-refractivity contribution in [3.8, 4) is 0 Å². The number of para-hydroxylation sites is 2. The van der Waals surface area contributed by atoms with Gasteiger partial charge < -0.3 is 5.32 Å². The van der Waals surface area contributed by atoms with Crippen LogP contribution in [-0.4, -0.2) is 21.9 Å². The molecule has 0 radical (unpaired) electrons. The van der Waals surface area contributed by atoms with Crippen LogP contribution < -0.4 is 5.32 Å². The van der Waals surface area contributed by atoms with Gasteiger partial charge in [0.15, 0.2) is 0 Å². The third-order valence-corrected chi connectivity index (χ3v) is 3.46. The molecule has 1 unspecified atom stereocenters. The highest BCUT2D eigenvalue weighted by atomic mass is 35.5. The number of benzene rings is 1. The van der Waals surface area contributed by atoms with E-state index in [-0.39, 0.29) is 5.38 Å². The molecule has 0 fully saturated rings. The Hall–Kier alpha value is -1.35. The molecule has 2 aromatic rings. The summed E-state index contributed by atoms with van der Waals surface area (Å²) in [6.45, 7) is 4.90. The van der Waals surface area contributed by atoms with Gasteiger partial charge in [0.1, 0.15) is 5.82 Å². The number of hydrogen-bond acceptors (Lipinski definition) is 3. The van der Waals surface area contributed by atoms with Gasteiger partial charge in [-0.25, -0.2) is 9.97 Å². The van der Waals surface area contributed by atoms with Crippen LogP contribution in [0.2, 0.25) is 0 Å². The summed E-state index contributed by atoms with van der Waals surface area (Å²) in [5.41, 5.74) is 2.78.